The third-order valence-corrected chi connectivity index (χ3v) is 3.75. The maximum absolute atomic E-state index is 6.30. The largest absolute Gasteiger partial charge is 0.379 e. The molecule has 0 aromatic heterocycles. The van der Waals surface area contributed by atoms with Gasteiger partial charge >= 0.3 is 0 Å². The lowest BCUT2D eigenvalue weighted by molar-refractivity contribution is -0.00280. The standard InChI is InChI=1S/C15H24N2O/c1-3-13-4-6-14(7-5-13)15(16)10-17-8-9-18-11-12(17)2/h4-7,12,15H,3,8-11,16H2,1-2H3. The molecule has 1 saturated heterocycles. The second kappa shape index (κ2) is 6.32. The highest BCUT2D eigenvalue weighted by Gasteiger charge is 2.21. The Labute approximate surface area is 110 Å². The molecule has 2 N–H and O–H groups in total. The van der Waals surface area contributed by atoms with Crippen molar-refractivity contribution in [2.24, 2.45) is 5.73 Å². The van der Waals surface area contributed by atoms with Crippen LogP contribution in [0.1, 0.15) is 31.0 Å². The third kappa shape index (κ3) is 3.31. The number of nitrogens with two attached hydrogens (primary N) is 1. The van der Waals surface area contributed by atoms with Gasteiger partial charge in [0.1, 0.15) is 0 Å². The Kier molecular flexibility index (Phi) is 4.75. The van der Waals surface area contributed by atoms with Gasteiger partial charge in [0.2, 0.25) is 0 Å². The summed E-state index contributed by atoms with van der Waals surface area (Å²) in [6.07, 6.45) is 1.08. The summed E-state index contributed by atoms with van der Waals surface area (Å²) < 4.78 is 5.45. The summed E-state index contributed by atoms with van der Waals surface area (Å²) in [5.74, 6) is 0. The van der Waals surface area contributed by atoms with Crippen molar-refractivity contribution in [1.29, 1.82) is 0 Å². The van der Waals surface area contributed by atoms with Gasteiger partial charge in [0, 0.05) is 25.2 Å². The van der Waals surface area contributed by atoms with Crippen LogP contribution < -0.4 is 5.73 Å². The Balaban J connectivity index is 1.95. The van der Waals surface area contributed by atoms with Crippen LogP contribution in [0, 0.1) is 0 Å². The number of aryl methyl sites for hydroxylation is 1. The van der Waals surface area contributed by atoms with E-state index in [1.807, 2.05) is 0 Å². The fourth-order valence-corrected chi connectivity index (χ4v) is 2.39. The second-order valence-electron chi connectivity index (χ2n) is 5.12. The van der Waals surface area contributed by atoms with Gasteiger partial charge in [0.15, 0.2) is 0 Å². The minimum absolute atomic E-state index is 0.0939. The predicted octanol–water partition coefficient (Wildman–Crippen LogP) is 1.97. The van der Waals surface area contributed by atoms with E-state index in [2.05, 4.69) is 43.0 Å². The maximum atomic E-state index is 6.30. The van der Waals surface area contributed by atoms with Crippen LogP contribution in [0.25, 0.3) is 0 Å². The van der Waals surface area contributed by atoms with E-state index in [9.17, 15) is 0 Å². The molecule has 0 radical (unpaired) electrons. The molecule has 1 aromatic carbocycles. The highest BCUT2D eigenvalue weighted by atomic mass is 16.5. The molecule has 0 saturated carbocycles. The maximum Gasteiger partial charge on any atom is 0.0619 e. The number of rotatable bonds is 4. The Morgan fingerprint density at radius 1 is 1.39 bits per heavy atom. The van der Waals surface area contributed by atoms with E-state index in [0.717, 1.165) is 32.7 Å². The minimum Gasteiger partial charge on any atom is -0.379 e. The highest BCUT2D eigenvalue weighted by Crippen LogP contribution is 2.16. The SMILES string of the molecule is CCc1ccc(C(N)CN2CCOCC2C)cc1. The molecule has 2 atom stereocenters. The molecular formula is C15H24N2O. The van der Waals surface area contributed by atoms with Crippen LogP contribution in [-0.2, 0) is 11.2 Å². The van der Waals surface area contributed by atoms with Crippen LogP contribution in [0.2, 0.25) is 0 Å². The molecule has 3 heteroatoms. The molecular weight excluding hydrogens is 224 g/mol. The molecule has 1 aliphatic rings. The first-order chi connectivity index (χ1) is 8.70. The molecule has 0 amide bonds. The molecule has 0 bridgehead atoms. The molecule has 1 aliphatic heterocycles. The molecule has 2 unspecified atom stereocenters. The molecule has 1 aromatic rings. The summed E-state index contributed by atoms with van der Waals surface area (Å²) in [4.78, 5) is 2.42. The van der Waals surface area contributed by atoms with Gasteiger partial charge in [-0.15, -0.1) is 0 Å². The van der Waals surface area contributed by atoms with Gasteiger partial charge < -0.3 is 10.5 Å². The van der Waals surface area contributed by atoms with Crippen LogP contribution in [0.4, 0.5) is 0 Å². The number of benzene rings is 1. The predicted molar refractivity (Wildman–Crippen MR) is 74.6 cm³/mol. The summed E-state index contributed by atoms with van der Waals surface area (Å²) in [5.41, 5.74) is 8.89. The first kappa shape index (κ1) is 13.5. The molecule has 0 spiro atoms. The molecule has 100 valence electrons. The van der Waals surface area contributed by atoms with Crippen molar-refractivity contribution >= 4 is 0 Å². The molecule has 1 fully saturated rings. The van der Waals surface area contributed by atoms with Gasteiger partial charge in [0.05, 0.1) is 13.2 Å². The van der Waals surface area contributed by atoms with Crippen LogP contribution >= 0.6 is 0 Å². The molecule has 1 heterocycles. The van der Waals surface area contributed by atoms with Crippen molar-refractivity contribution in [3.63, 3.8) is 0 Å². The van der Waals surface area contributed by atoms with Gasteiger partial charge in [-0.3, -0.25) is 4.90 Å². The van der Waals surface area contributed by atoms with Crippen LogP contribution in [0.5, 0.6) is 0 Å². The fourth-order valence-electron chi connectivity index (χ4n) is 2.39. The lowest BCUT2D eigenvalue weighted by atomic mass is 10.0. The second-order valence-corrected chi connectivity index (χ2v) is 5.12. The lowest BCUT2D eigenvalue weighted by Crippen LogP contribution is -2.46. The first-order valence-corrected chi connectivity index (χ1v) is 6.87. The number of nitrogens with zero attached hydrogens (tertiary/aromatic N) is 1. The summed E-state index contributed by atoms with van der Waals surface area (Å²) in [7, 11) is 0. The van der Waals surface area contributed by atoms with E-state index in [-0.39, 0.29) is 6.04 Å². The molecule has 18 heavy (non-hydrogen) atoms. The normalized spacial score (nSPS) is 22.9. The van der Waals surface area contributed by atoms with Gasteiger partial charge in [-0.1, -0.05) is 31.2 Å². The van der Waals surface area contributed by atoms with E-state index in [0.29, 0.717) is 6.04 Å². The van der Waals surface area contributed by atoms with Crippen molar-refractivity contribution in [3.05, 3.63) is 35.4 Å². The van der Waals surface area contributed by atoms with Crippen molar-refractivity contribution in [1.82, 2.24) is 4.90 Å². The van der Waals surface area contributed by atoms with E-state index < -0.39 is 0 Å². The number of hydrogen-bond acceptors (Lipinski definition) is 3. The summed E-state index contributed by atoms with van der Waals surface area (Å²) in [5, 5.41) is 0. The van der Waals surface area contributed by atoms with Crippen LogP contribution in [-0.4, -0.2) is 37.2 Å². The van der Waals surface area contributed by atoms with E-state index >= 15 is 0 Å². The van der Waals surface area contributed by atoms with E-state index in [1.54, 1.807) is 0 Å². The van der Waals surface area contributed by atoms with Crippen molar-refractivity contribution < 1.29 is 4.74 Å². The van der Waals surface area contributed by atoms with Crippen molar-refractivity contribution in [2.75, 3.05) is 26.3 Å². The summed E-state index contributed by atoms with van der Waals surface area (Å²) in [6, 6.07) is 9.25. The van der Waals surface area contributed by atoms with Gasteiger partial charge in [-0.2, -0.15) is 0 Å². The van der Waals surface area contributed by atoms with E-state index in [1.165, 1.54) is 11.1 Å². The van der Waals surface area contributed by atoms with Crippen LogP contribution in [0.15, 0.2) is 24.3 Å². The zero-order chi connectivity index (χ0) is 13.0. The number of ether oxygens (including phenoxy) is 1. The van der Waals surface area contributed by atoms with E-state index in [4.69, 9.17) is 10.5 Å². The zero-order valence-electron chi connectivity index (χ0n) is 11.4. The van der Waals surface area contributed by atoms with Crippen molar-refractivity contribution in [3.8, 4) is 0 Å². The quantitative estimate of drug-likeness (QED) is 0.885. The summed E-state index contributed by atoms with van der Waals surface area (Å²) in [6.45, 7) is 7.92. The lowest BCUT2D eigenvalue weighted by Gasteiger charge is -2.35. The Morgan fingerprint density at radius 3 is 2.72 bits per heavy atom. The summed E-state index contributed by atoms with van der Waals surface area (Å²) >= 11 is 0. The van der Waals surface area contributed by atoms with Gasteiger partial charge in [-0.25, -0.2) is 0 Å². The molecule has 0 aliphatic carbocycles. The van der Waals surface area contributed by atoms with Gasteiger partial charge in [0.25, 0.3) is 0 Å². The Morgan fingerprint density at radius 2 is 2.11 bits per heavy atom. The van der Waals surface area contributed by atoms with Crippen LogP contribution in [0.3, 0.4) is 0 Å². The third-order valence-electron chi connectivity index (χ3n) is 3.75. The fraction of sp³-hybridized carbons (Fsp3) is 0.600. The molecule has 3 nitrogen and oxygen atoms in total. The first-order valence-electron chi connectivity index (χ1n) is 6.87. The average molecular weight is 248 g/mol. The highest BCUT2D eigenvalue weighted by molar-refractivity contribution is 5.25. The van der Waals surface area contributed by atoms with Crippen molar-refractivity contribution in [2.45, 2.75) is 32.4 Å². The average Bonchev–Trinajstić information content (AvgIpc) is 2.41. The smallest absolute Gasteiger partial charge is 0.0619 e. The topological polar surface area (TPSA) is 38.5 Å². The van der Waals surface area contributed by atoms with Gasteiger partial charge in [-0.05, 0) is 24.5 Å². The Hall–Kier alpha value is -0.900. The number of morpholine rings is 1. The Bertz CT molecular complexity index is 363. The zero-order valence-corrected chi connectivity index (χ0v) is 11.4. The monoisotopic (exact) mass is 248 g/mol. The molecule has 2 rings (SSSR count). The number of hydrogen-bond donors (Lipinski definition) is 1. The minimum atomic E-state index is 0.0939.